The molecule has 3 unspecified atom stereocenters. The molecule has 0 aliphatic heterocycles. The highest BCUT2D eigenvalue weighted by Crippen LogP contribution is 2.39. The van der Waals surface area contributed by atoms with E-state index in [1.165, 1.54) is 19.3 Å². The highest BCUT2D eigenvalue weighted by atomic mass is 16.5. The molecule has 0 N–H and O–H groups in total. The monoisotopic (exact) mass is 178 g/mol. The van der Waals surface area contributed by atoms with E-state index in [0.717, 1.165) is 23.5 Å². The first kappa shape index (κ1) is 8.86. The van der Waals surface area contributed by atoms with Crippen LogP contribution in [0.1, 0.15) is 26.2 Å². The van der Waals surface area contributed by atoms with E-state index in [-0.39, 0.29) is 0 Å². The topological polar surface area (TPSA) is 9.23 Å². The molecule has 2 aliphatic carbocycles. The molecule has 1 heteroatoms. The fourth-order valence-corrected chi connectivity index (χ4v) is 2.59. The lowest BCUT2D eigenvalue weighted by Gasteiger charge is -2.35. The largest absolute Gasteiger partial charge is 0.497 e. The number of fused-ring (bicyclic) bond motifs is 1. The van der Waals surface area contributed by atoms with E-state index in [9.17, 15) is 0 Å². The molecule has 0 spiro atoms. The van der Waals surface area contributed by atoms with Gasteiger partial charge in [0.05, 0.1) is 7.11 Å². The summed E-state index contributed by atoms with van der Waals surface area (Å²) in [6, 6.07) is 0. The maximum Gasteiger partial charge on any atom is 0.114 e. The van der Waals surface area contributed by atoms with Crippen molar-refractivity contribution < 1.29 is 4.74 Å². The number of hydrogen-bond donors (Lipinski definition) is 0. The fraction of sp³-hybridized carbons (Fsp3) is 0.667. The Morgan fingerprint density at radius 3 is 3.00 bits per heavy atom. The second-order valence-electron chi connectivity index (χ2n) is 4.28. The molecule has 1 saturated carbocycles. The van der Waals surface area contributed by atoms with Gasteiger partial charge in [0.25, 0.3) is 0 Å². The number of allylic oxidation sites excluding steroid dienone is 3. The third-order valence-electron chi connectivity index (χ3n) is 3.45. The zero-order chi connectivity index (χ0) is 9.26. The first-order valence-electron chi connectivity index (χ1n) is 5.25. The summed E-state index contributed by atoms with van der Waals surface area (Å²) >= 11 is 0. The van der Waals surface area contributed by atoms with E-state index in [1.54, 1.807) is 7.11 Å². The van der Waals surface area contributed by atoms with Gasteiger partial charge in [-0.05, 0) is 36.3 Å². The van der Waals surface area contributed by atoms with Crippen LogP contribution in [-0.2, 0) is 4.74 Å². The molecule has 0 saturated heterocycles. The Kier molecular flexibility index (Phi) is 2.43. The minimum absolute atomic E-state index is 0.730. The van der Waals surface area contributed by atoms with Gasteiger partial charge in [-0.2, -0.15) is 0 Å². The third kappa shape index (κ3) is 1.65. The van der Waals surface area contributed by atoms with Gasteiger partial charge >= 0.3 is 0 Å². The van der Waals surface area contributed by atoms with Crippen LogP contribution < -0.4 is 0 Å². The van der Waals surface area contributed by atoms with Crippen molar-refractivity contribution in [3.63, 3.8) is 0 Å². The summed E-state index contributed by atoms with van der Waals surface area (Å²) in [5.74, 6) is 3.39. The Labute approximate surface area is 80.5 Å². The van der Waals surface area contributed by atoms with Gasteiger partial charge in [0.15, 0.2) is 0 Å². The standard InChI is InChI=1S/C12H18O/c1-9-4-3-5-10-6-7-11(13-2)8-12(9)10/h6-10,12H,3-5H2,1-2H3. The summed E-state index contributed by atoms with van der Waals surface area (Å²) in [6.07, 6.45) is 10.9. The predicted molar refractivity (Wildman–Crippen MR) is 54.2 cm³/mol. The Balaban J connectivity index is 2.15. The summed E-state index contributed by atoms with van der Waals surface area (Å²) in [6.45, 7) is 2.36. The summed E-state index contributed by atoms with van der Waals surface area (Å²) in [5.41, 5.74) is 0. The van der Waals surface area contributed by atoms with Gasteiger partial charge in [-0.3, -0.25) is 0 Å². The third-order valence-corrected chi connectivity index (χ3v) is 3.45. The minimum Gasteiger partial charge on any atom is -0.497 e. The van der Waals surface area contributed by atoms with Crippen LogP contribution in [0.4, 0.5) is 0 Å². The molecule has 1 fully saturated rings. The molecule has 0 radical (unpaired) electrons. The lowest BCUT2D eigenvalue weighted by Crippen LogP contribution is -2.25. The summed E-state index contributed by atoms with van der Waals surface area (Å²) < 4.78 is 5.26. The molecule has 2 rings (SSSR count). The highest BCUT2D eigenvalue weighted by molar-refractivity contribution is 5.21. The Morgan fingerprint density at radius 2 is 2.23 bits per heavy atom. The zero-order valence-electron chi connectivity index (χ0n) is 8.49. The predicted octanol–water partition coefficient (Wildman–Crippen LogP) is 3.14. The smallest absolute Gasteiger partial charge is 0.114 e. The fourth-order valence-electron chi connectivity index (χ4n) is 2.59. The normalized spacial score (nSPS) is 38.0. The van der Waals surface area contributed by atoms with Crippen LogP contribution in [0.3, 0.4) is 0 Å². The number of rotatable bonds is 1. The molecule has 0 bridgehead atoms. The SMILES string of the molecule is COC1=CC2C(C)CCCC2C=C1. The lowest BCUT2D eigenvalue weighted by atomic mass is 9.71. The Morgan fingerprint density at radius 1 is 1.38 bits per heavy atom. The maximum atomic E-state index is 5.26. The van der Waals surface area contributed by atoms with Crippen molar-refractivity contribution in [1.29, 1.82) is 0 Å². The van der Waals surface area contributed by atoms with Crippen molar-refractivity contribution in [1.82, 2.24) is 0 Å². The number of ether oxygens (including phenoxy) is 1. The van der Waals surface area contributed by atoms with Gasteiger partial charge in [0.1, 0.15) is 5.76 Å². The summed E-state index contributed by atoms with van der Waals surface area (Å²) in [5, 5.41) is 0. The molecule has 0 aromatic carbocycles. The second kappa shape index (κ2) is 3.57. The quantitative estimate of drug-likeness (QED) is 0.599. The molecule has 1 nitrogen and oxygen atoms in total. The highest BCUT2D eigenvalue weighted by Gasteiger charge is 2.29. The Bertz CT molecular complexity index is 240. The van der Waals surface area contributed by atoms with Crippen LogP contribution in [0.15, 0.2) is 24.0 Å². The van der Waals surface area contributed by atoms with Gasteiger partial charge in [0.2, 0.25) is 0 Å². The van der Waals surface area contributed by atoms with Gasteiger partial charge in [-0.15, -0.1) is 0 Å². The molecule has 0 amide bonds. The molecule has 13 heavy (non-hydrogen) atoms. The molecular weight excluding hydrogens is 160 g/mol. The lowest BCUT2D eigenvalue weighted by molar-refractivity contribution is 0.225. The average molecular weight is 178 g/mol. The van der Waals surface area contributed by atoms with Crippen LogP contribution in [0.2, 0.25) is 0 Å². The van der Waals surface area contributed by atoms with Crippen molar-refractivity contribution in [2.45, 2.75) is 26.2 Å². The summed E-state index contributed by atoms with van der Waals surface area (Å²) in [7, 11) is 1.75. The molecule has 3 atom stereocenters. The molecule has 2 aliphatic rings. The number of hydrogen-bond acceptors (Lipinski definition) is 1. The Hall–Kier alpha value is -0.720. The van der Waals surface area contributed by atoms with Crippen LogP contribution in [-0.4, -0.2) is 7.11 Å². The maximum absolute atomic E-state index is 5.26. The van der Waals surface area contributed by atoms with Gasteiger partial charge < -0.3 is 4.74 Å². The van der Waals surface area contributed by atoms with Crippen LogP contribution in [0, 0.1) is 17.8 Å². The van der Waals surface area contributed by atoms with E-state index >= 15 is 0 Å². The molecule has 0 aromatic heterocycles. The van der Waals surface area contributed by atoms with E-state index < -0.39 is 0 Å². The first-order valence-corrected chi connectivity index (χ1v) is 5.25. The molecule has 0 aromatic rings. The van der Waals surface area contributed by atoms with Crippen LogP contribution in [0.25, 0.3) is 0 Å². The first-order chi connectivity index (χ1) is 6.31. The van der Waals surface area contributed by atoms with Crippen molar-refractivity contribution in [3.05, 3.63) is 24.0 Å². The van der Waals surface area contributed by atoms with Crippen molar-refractivity contribution in [3.8, 4) is 0 Å². The average Bonchev–Trinajstić information content (AvgIpc) is 2.18. The van der Waals surface area contributed by atoms with Crippen molar-refractivity contribution in [2.24, 2.45) is 17.8 Å². The van der Waals surface area contributed by atoms with E-state index in [4.69, 9.17) is 4.74 Å². The van der Waals surface area contributed by atoms with E-state index in [2.05, 4.69) is 25.2 Å². The van der Waals surface area contributed by atoms with Crippen molar-refractivity contribution >= 4 is 0 Å². The zero-order valence-corrected chi connectivity index (χ0v) is 8.49. The molecular formula is C12H18O. The second-order valence-corrected chi connectivity index (χ2v) is 4.28. The van der Waals surface area contributed by atoms with Gasteiger partial charge in [-0.1, -0.05) is 25.8 Å². The molecule has 72 valence electrons. The van der Waals surface area contributed by atoms with Crippen LogP contribution in [0.5, 0.6) is 0 Å². The van der Waals surface area contributed by atoms with E-state index in [1.807, 2.05) is 0 Å². The van der Waals surface area contributed by atoms with Gasteiger partial charge in [0, 0.05) is 0 Å². The van der Waals surface area contributed by atoms with Crippen molar-refractivity contribution in [2.75, 3.05) is 7.11 Å². The van der Waals surface area contributed by atoms with Gasteiger partial charge in [-0.25, -0.2) is 0 Å². The minimum atomic E-state index is 0.730. The summed E-state index contributed by atoms with van der Waals surface area (Å²) in [4.78, 5) is 0. The molecule has 0 heterocycles. The number of methoxy groups -OCH3 is 1. The van der Waals surface area contributed by atoms with Crippen LogP contribution >= 0.6 is 0 Å². The van der Waals surface area contributed by atoms with E-state index in [0.29, 0.717) is 0 Å².